The van der Waals surface area contributed by atoms with Gasteiger partial charge in [0.2, 0.25) is 10.0 Å². The number of anilines is 2. The average molecular weight is 317 g/mol. The molecule has 20 heavy (non-hydrogen) atoms. The van der Waals surface area contributed by atoms with E-state index >= 15 is 0 Å². The first-order chi connectivity index (χ1) is 9.44. The van der Waals surface area contributed by atoms with Crippen LogP contribution in [0, 0.1) is 0 Å². The first-order valence-electron chi connectivity index (χ1n) is 6.98. The third-order valence-electron chi connectivity index (χ3n) is 3.48. The number of nitrogens with one attached hydrogen (secondary N) is 2. The SMILES string of the molecule is CS(=O)(=O)Nc1ccc(Cl)c(NC2CCCCCC2)c1. The molecule has 2 N–H and O–H groups in total. The van der Waals surface area contributed by atoms with Gasteiger partial charge in [0, 0.05) is 6.04 Å². The van der Waals surface area contributed by atoms with Crippen molar-refractivity contribution in [3.63, 3.8) is 0 Å². The summed E-state index contributed by atoms with van der Waals surface area (Å²) in [5.41, 5.74) is 1.33. The summed E-state index contributed by atoms with van der Waals surface area (Å²) in [6, 6.07) is 5.56. The highest BCUT2D eigenvalue weighted by molar-refractivity contribution is 7.92. The van der Waals surface area contributed by atoms with Crippen molar-refractivity contribution in [2.24, 2.45) is 0 Å². The Morgan fingerprint density at radius 3 is 2.40 bits per heavy atom. The van der Waals surface area contributed by atoms with Crippen LogP contribution in [0.2, 0.25) is 5.02 Å². The molecule has 1 aliphatic carbocycles. The Morgan fingerprint density at radius 2 is 1.80 bits per heavy atom. The van der Waals surface area contributed by atoms with Gasteiger partial charge in [-0.25, -0.2) is 8.42 Å². The molecule has 1 aromatic carbocycles. The van der Waals surface area contributed by atoms with Gasteiger partial charge in [-0.2, -0.15) is 0 Å². The van der Waals surface area contributed by atoms with Gasteiger partial charge in [-0.05, 0) is 31.0 Å². The molecule has 1 fully saturated rings. The first kappa shape index (κ1) is 15.4. The molecule has 1 aliphatic rings. The summed E-state index contributed by atoms with van der Waals surface area (Å²) in [5, 5.41) is 4.07. The van der Waals surface area contributed by atoms with Crippen LogP contribution in [0.25, 0.3) is 0 Å². The zero-order valence-corrected chi connectivity index (χ0v) is 13.2. The van der Waals surface area contributed by atoms with E-state index in [0.717, 1.165) is 24.8 Å². The van der Waals surface area contributed by atoms with E-state index < -0.39 is 10.0 Å². The van der Waals surface area contributed by atoms with Gasteiger partial charge >= 0.3 is 0 Å². The second-order valence-corrected chi connectivity index (χ2v) is 7.56. The molecule has 0 atom stereocenters. The highest BCUT2D eigenvalue weighted by atomic mass is 35.5. The van der Waals surface area contributed by atoms with Crippen LogP contribution in [-0.4, -0.2) is 20.7 Å². The van der Waals surface area contributed by atoms with Gasteiger partial charge in [0.1, 0.15) is 0 Å². The first-order valence-corrected chi connectivity index (χ1v) is 9.25. The van der Waals surface area contributed by atoms with Gasteiger partial charge in [-0.3, -0.25) is 4.72 Å². The molecule has 6 heteroatoms. The van der Waals surface area contributed by atoms with Gasteiger partial charge in [0.05, 0.1) is 22.7 Å². The van der Waals surface area contributed by atoms with Gasteiger partial charge in [-0.15, -0.1) is 0 Å². The molecule has 0 aromatic heterocycles. The van der Waals surface area contributed by atoms with Crippen molar-refractivity contribution in [2.75, 3.05) is 16.3 Å². The quantitative estimate of drug-likeness (QED) is 0.830. The van der Waals surface area contributed by atoms with Crippen molar-refractivity contribution in [1.82, 2.24) is 0 Å². The number of hydrogen-bond donors (Lipinski definition) is 2. The molecule has 0 spiro atoms. The second-order valence-electron chi connectivity index (χ2n) is 5.40. The normalized spacial score (nSPS) is 17.5. The zero-order valence-electron chi connectivity index (χ0n) is 11.7. The Bertz CT molecular complexity index is 552. The van der Waals surface area contributed by atoms with Crippen LogP contribution in [0.4, 0.5) is 11.4 Å². The summed E-state index contributed by atoms with van der Waals surface area (Å²) >= 11 is 6.19. The minimum atomic E-state index is -3.27. The predicted octanol–water partition coefficient (Wildman–Crippen LogP) is 3.85. The molecule has 4 nitrogen and oxygen atoms in total. The average Bonchev–Trinajstić information content (AvgIpc) is 2.60. The number of sulfonamides is 1. The van der Waals surface area contributed by atoms with Gasteiger partial charge in [-0.1, -0.05) is 37.3 Å². The van der Waals surface area contributed by atoms with Crippen molar-refractivity contribution in [3.8, 4) is 0 Å². The van der Waals surface area contributed by atoms with E-state index in [1.54, 1.807) is 18.2 Å². The monoisotopic (exact) mass is 316 g/mol. The Kier molecular flexibility index (Phi) is 5.16. The lowest BCUT2D eigenvalue weighted by molar-refractivity contribution is 0.607. The number of rotatable bonds is 4. The molecule has 112 valence electrons. The van der Waals surface area contributed by atoms with Crippen LogP contribution in [0.5, 0.6) is 0 Å². The molecule has 0 radical (unpaired) electrons. The molecule has 1 aromatic rings. The van der Waals surface area contributed by atoms with Crippen molar-refractivity contribution < 1.29 is 8.42 Å². The summed E-state index contributed by atoms with van der Waals surface area (Å²) < 4.78 is 25.0. The van der Waals surface area contributed by atoms with Crippen molar-refractivity contribution in [3.05, 3.63) is 23.2 Å². The summed E-state index contributed by atoms with van der Waals surface area (Å²) in [5.74, 6) is 0. The molecule has 0 aliphatic heterocycles. The summed E-state index contributed by atoms with van der Waals surface area (Å²) in [6.45, 7) is 0. The highest BCUT2D eigenvalue weighted by Gasteiger charge is 2.14. The smallest absolute Gasteiger partial charge is 0.229 e. The maximum Gasteiger partial charge on any atom is 0.229 e. The van der Waals surface area contributed by atoms with E-state index in [1.807, 2.05) is 0 Å². The van der Waals surface area contributed by atoms with E-state index in [-0.39, 0.29) is 0 Å². The summed E-state index contributed by atoms with van der Waals surface area (Å²) in [6.07, 6.45) is 8.47. The molecule has 0 saturated heterocycles. The topological polar surface area (TPSA) is 58.2 Å². The number of halogens is 1. The van der Waals surface area contributed by atoms with Gasteiger partial charge < -0.3 is 5.32 Å². The van der Waals surface area contributed by atoms with E-state index in [2.05, 4.69) is 10.0 Å². The van der Waals surface area contributed by atoms with Crippen LogP contribution in [0.15, 0.2) is 18.2 Å². The Balaban J connectivity index is 2.11. The highest BCUT2D eigenvalue weighted by Crippen LogP contribution is 2.29. The molecule has 0 amide bonds. The number of hydrogen-bond acceptors (Lipinski definition) is 3. The van der Waals surface area contributed by atoms with E-state index in [4.69, 9.17) is 11.6 Å². The number of benzene rings is 1. The third-order valence-corrected chi connectivity index (χ3v) is 4.42. The van der Waals surface area contributed by atoms with Crippen molar-refractivity contribution in [1.29, 1.82) is 0 Å². The third kappa shape index (κ3) is 4.87. The minimum absolute atomic E-state index is 0.420. The predicted molar refractivity (Wildman–Crippen MR) is 85.0 cm³/mol. The van der Waals surface area contributed by atoms with Crippen LogP contribution in [-0.2, 0) is 10.0 Å². The van der Waals surface area contributed by atoms with E-state index in [0.29, 0.717) is 16.8 Å². The van der Waals surface area contributed by atoms with Crippen LogP contribution >= 0.6 is 11.6 Å². The lowest BCUT2D eigenvalue weighted by Gasteiger charge is -2.19. The summed E-state index contributed by atoms with van der Waals surface area (Å²) in [4.78, 5) is 0. The Hall–Kier alpha value is -0.940. The lowest BCUT2D eigenvalue weighted by Crippen LogP contribution is -2.18. The van der Waals surface area contributed by atoms with Crippen molar-refractivity contribution >= 4 is 33.0 Å². The fourth-order valence-corrected chi connectivity index (χ4v) is 3.28. The molecule has 1 saturated carbocycles. The van der Waals surface area contributed by atoms with E-state index in [1.165, 1.54) is 25.7 Å². The molecular weight excluding hydrogens is 296 g/mol. The van der Waals surface area contributed by atoms with Gasteiger partial charge in [0.25, 0.3) is 0 Å². The second kappa shape index (κ2) is 6.68. The molecule has 0 bridgehead atoms. The van der Waals surface area contributed by atoms with Crippen LogP contribution in [0.1, 0.15) is 38.5 Å². The van der Waals surface area contributed by atoms with Crippen LogP contribution in [0.3, 0.4) is 0 Å². The van der Waals surface area contributed by atoms with E-state index in [9.17, 15) is 8.42 Å². The minimum Gasteiger partial charge on any atom is -0.381 e. The zero-order chi connectivity index (χ0) is 14.6. The molecule has 2 rings (SSSR count). The maximum atomic E-state index is 11.3. The lowest BCUT2D eigenvalue weighted by atomic mass is 10.1. The molecular formula is C14H21ClN2O2S. The van der Waals surface area contributed by atoms with Gasteiger partial charge in [0.15, 0.2) is 0 Å². The summed E-state index contributed by atoms with van der Waals surface area (Å²) in [7, 11) is -3.27. The largest absolute Gasteiger partial charge is 0.381 e. The maximum absolute atomic E-state index is 11.3. The fourth-order valence-electron chi connectivity index (χ4n) is 2.56. The Labute approximate surface area is 126 Å². The molecule has 0 unspecified atom stereocenters. The standard InChI is InChI=1S/C14H21ClN2O2S/c1-20(18,19)17-12-8-9-13(15)14(10-12)16-11-6-4-2-3-5-7-11/h8-11,16-17H,2-7H2,1H3. The fraction of sp³-hybridized carbons (Fsp3) is 0.571. The Morgan fingerprint density at radius 1 is 1.15 bits per heavy atom. The van der Waals surface area contributed by atoms with Crippen LogP contribution < -0.4 is 10.0 Å². The molecule has 0 heterocycles. The van der Waals surface area contributed by atoms with Crippen molar-refractivity contribution in [2.45, 2.75) is 44.6 Å².